The third-order valence-corrected chi connectivity index (χ3v) is 7.45. The third-order valence-electron chi connectivity index (χ3n) is 6.31. The van der Waals surface area contributed by atoms with Crippen molar-refractivity contribution < 1.29 is 22.4 Å². The fraction of sp³-hybridized carbons (Fsp3) is 0.333. The van der Waals surface area contributed by atoms with Crippen molar-refractivity contribution in [1.29, 1.82) is 0 Å². The summed E-state index contributed by atoms with van der Waals surface area (Å²) in [6.07, 6.45) is 2.90. The lowest BCUT2D eigenvalue weighted by Crippen LogP contribution is -2.53. The van der Waals surface area contributed by atoms with E-state index in [9.17, 15) is 22.4 Å². The molecule has 0 aromatic heterocycles. The second-order valence-electron chi connectivity index (χ2n) is 9.61. The average Bonchev–Trinajstić information content (AvgIpc) is 2.89. The number of carbonyl (C=O) groups is 2. The van der Waals surface area contributed by atoms with Crippen LogP contribution in [0.3, 0.4) is 0 Å². The number of hydrogen-bond donors (Lipinski definition) is 1. The van der Waals surface area contributed by atoms with E-state index in [1.807, 2.05) is 68.4 Å². The Morgan fingerprint density at radius 1 is 0.949 bits per heavy atom. The summed E-state index contributed by atoms with van der Waals surface area (Å²) in [6, 6.07) is 21.2. The Bertz CT molecular complexity index is 1370. The van der Waals surface area contributed by atoms with Gasteiger partial charge in [-0.2, -0.15) is 0 Å². The molecule has 9 heteroatoms. The number of aryl methyl sites for hydroxylation is 1. The highest BCUT2D eigenvalue weighted by atomic mass is 32.2. The molecular weight excluding hydrogens is 517 g/mol. The number of nitrogens with one attached hydrogen (secondary N) is 1. The number of unbranched alkanes of at least 4 members (excludes halogenated alkanes) is 1. The Morgan fingerprint density at radius 2 is 1.64 bits per heavy atom. The highest BCUT2D eigenvalue weighted by molar-refractivity contribution is 7.92. The van der Waals surface area contributed by atoms with Gasteiger partial charge in [-0.05, 0) is 42.7 Å². The maximum absolute atomic E-state index is 14.0. The Hall–Kier alpha value is -3.72. The average molecular weight is 554 g/mol. The molecule has 0 aliphatic heterocycles. The molecule has 0 spiro atoms. The molecule has 39 heavy (non-hydrogen) atoms. The van der Waals surface area contributed by atoms with Crippen LogP contribution in [0.5, 0.6) is 0 Å². The number of amides is 2. The molecule has 0 saturated heterocycles. The van der Waals surface area contributed by atoms with E-state index in [1.54, 1.807) is 0 Å². The Morgan fingerprint density at radius 3 is 2.28 bits per heavy atom. The Balaban J connectivity index is 2.03. The summed E-state index contributed by atoms with van der Waals surface area (Å²) in [5.74, 6) is -1.51. The molecule has 0 aliphatic rings. The molecule has 1 N–H and O–H groups in total. The van der Waals surface area contributed by atoms with E-state index < -0.39 is 34.3 Å². The second-order valence-corrected chi connectivity index (χ2v) is 11.5. The number of halogens is 1. The highest BCUT2D eigenvalue weighted by Gasteiger charge is 2.33. The molecule has 0 heterocycles. The van der Waals surface area contributed by atoms with Crippen LogP contribution in [0.15, 0.2) is 78.9 Å². The van der Waals surface area contributed by atoms with Crippen molar-refractivity contribution in [3.63, 3.8) is 0 Å². The molecule has 7 nitrogen and oxygen atoms in total. The number of hydrogen-bond acceptors (Lipinski definition) is 4. The van der Waals surface area contributed by atoms with Crippen molar-refractivity contribution >= 4 is 27.5 Å². The van der Waals surface area contributed by atoms with Crippen LogP contribution in [-0.4, -0.2) is 50.5 Å². The van der Waals surface area contributed by atoms with Crippen molar-refractivity contribution in [1.82, 2.24) is 10.2 Å². The second kappa shape index (κ2) is 13.9. The van der Waals surface area contributed by atoms with E-state index >= 15 is 0 Å². The molecule has 3 aromatic rings. The lowest BCUT2D eigenvalue weighted by Gasteiger charge is -2.33. The molecule has 2 amide bonds. The lowest BCUT2D eigenvalue weighted by molar-refractivity contribution is -0.140. The van der Waals surface area contributed by atoms with Gasteiger partial charge in [0.05, 0.1) is 11.9 Å². The molecular formula is C30H36FN3O4S. The van der Waals surface area contributed by atoms with Crippen LogP contribution >= 0.6 is 0 Å². The molecule has 1 atom stereocenters. The van der Waals surface area contributed by atoms with Gasteiger partial charge in [0.15, 0.2) is 0 Å². The first-order valence-corrected chi connectivity index (χ1v) is 14.8. The van der Waals surface area contributed by atoms with Crippen molar-refractivity contribution in [3.05, 3.63) is 101 Å². The topological polar surface area (TPSA) is 86.8 Å². The molecule has 0 aliphatic carbocycles. The zero-order valence-corrected chi connectivity index (χ0v) is 23.5. The first-order chi connectivity index (χ1) is 18.6. The summed E-state index contributed by atoms with van der Waals surface area (Å²) in [7, 11) is -3.95. The fourth-order valence-corrected chi connectivity index (χ4v) is 5.15. The van der Waals surface area contributed by atoms with Gasteiger partial charge in [-0.3, -0.25) is 13.9 Å². The van der Waals surface area contributed by atoms with Gasteiger partial charge in [-0.25, -0.2) is 12.8 Å². The van der Waals surface area contributed by atoms with Crippen LogP contribution in [0.25, 0.3) is 0 Å². The predicted octanol–water partition coefficient (Wildman–Crippen LogP) is 4.46. The van der Waals surface area contributed by atoms with Gasteiger partial charge < -0.3 is 10.2 Å². The molecule has 0 saturated carbocycles. The van der Waals surface area contributed by atoms with Crippen molar-refractivity contribution in [2.45, 2.75) is 45.7 Å². The predicted molar refractivity (Wildman–Crippen MR) is 152 cm³/mol. The van der Waals surface area contributed by atoms with E-state index in [0.717, 1.165) is 46.2 Å². The Labute approximate surface area is 230 Å². The summed E-state index contributed by atoms with van der Waals surface area (Å²) in [6.45, 7) is 3.94. The van der Waals surface area contributed by atoms with Crippen molar-refractivity contribution in [2.75, 3.05) is 23.7 Å². The van der Waals surface area contributed by atoms with Gasteiger partial charge in [-0.15, -0.1) is 0 Å². The molecule has 0 bridgehead atoms. The molecule has 3 aromatic carbocycles. The first-order valence-electron chi connectivity index (χ1n) is 13.0. The molecule has 1 unspecified atom stereocenters. The van der Waals surface area contributed by atoms with Crippen molar-refractivity contribution in [2.24, 2.45) is 0 Å². The quantitative estimate of drug-likeness (QED) is 0.317. The zero-order valence-electron chi connectivity index (χ0n) is 22.6. The van der Waals surface area contributed by atoms with Crippen LogP contribution in [0.2, 0.25) is 0 Å². The Kier molecular flexibility index (Phi) is 10.6. The van der Waals surface area contributed by atoms with E-state index in [4.69, 9.17) is 0 Å². The van der Waals surface area contributed by atoms with Gasteiger partial charge in [0.1, 0.15) is 18.4 Å². The van der Waals surface area contributed by atoms with Crippen LogP contribution in [-0.2, 0) is 32.6 Å². The maximum atomic E-state index is 14.0. The zero-order chi connectivity index (χ0) is 28.4. The summed E-state index contributed by atoms with van der Waals surface area (Å²) in [5, 5.41) is 2.94. The monoisotopic (exact) mass is 553 g/mol. The SMILES string of the molecule is CCCCNC(=O)C(Cc1ccccc1)N(Cc1cccc(C)c1)C(=O)CN(c1cccc(F)c1)S(C)(=O)=O. The summed E-state index contributed by atoms with van der Waals surface area (Å²) in [5.41, 5.74) is 2.69. The van der Waals surface area contributed by atoms with E-state index in [1.165, 1.54) is 23.1 Å². The smallest absolute Gasteiger partial charge is 0.244 e. The normalized spacial score (nSPS) is 12.0. The summed E-state index contributed by atoms with van der Waals surface area (Å²) in [4.78, 5) is 28.9. The number of anilines is 1. The first kappa shape index (κ1) is 29.8. The number of rotatable bonds is 13. The van der Waals surface area contributed by atoms with Crippen LogP contribution in [0.4, 0.5) is 10.1 Å². The number of benzene rings is 3. The highest BCUT2D eigenvalue weighted by Crippen LogP contribution is 2.21. The minimum Gasteiger partial charge on any atom is -0.354 e. The minimum atomic E-state index is -3.95. The minimum absolute atomic E-state index is 0.0355. The third kappa shape index (κ3) is 8.92. The van der Waals surface area contributed by atoms with Gasteiger partial charge in [0.25, 0.3) is 0 Å². The van der Waals surface area contributed by atoms with Crippen molar-refractivity contribution in [3.8, 4) is 0 Å². The van der Waals surface area contributed by atoms with Crippen LogP contribution < -0.4 is 9.62 Å². The van der Waals surface area contributed by atoms with E-state index in [0.29, 0.717) is 6.54 Å². The van der Waals surface area contributed by atoms with Crippen LogP contribution in [0.1, 0.15) is 36.5 Å². The largest absolute Gasteiger partial charge is 0.354 e. The maximum Gasteiger partial charge on any atom is 0.244 e. The molecule has 0 fully saturated rings. The van der Waals surface area contributed by atoms with E-state index in [-0.39, 0.29) is 24.6 Å². The summed E-state index contributed by atoms with van der Waals surface area (Å²) < 4.78 is 40.3. The van der Waals surface area contributed by atoms with Gasteiger partial charge in [0.2, 0.25) is 21.8 Å². The lowest BCUT2D eigenvalue weighted by atomic mass is 10.0. The molecule has 0 radical (unpaired) electrons. The molecule has 3 rings (SSSR count). The summed E-state index contributed by atoms with van der Waals surface area (Å²) >= 11 is 0. The molecule has 208 valence electrons. The number of nitrogens with zero attached hydrogens (tertiary/aromatic N) is 2. The van der Waals surface area contributed by atoms with Crippen LogP contribution in [0, 0.1) is 12.7 Å². The van der Waals surface area contributed by atoms with Gasteiger partial charge in [0, 0.05) is 19.5 Å². The van der Waals surface area contributed by atoms with Gasteiger partial charge >= 0.3 is 0 Å². The fourth-order valence-electron chi connectivity index (χ4n) is 4.31. The van der Waals surface area contributed by atoms with Gasteiger partial charge in [-0.1, -0.05) is 79.6 Å². The standard InChI is InChI=1S/C30H36FN3O4S/c1-4-5-17-32-30(36)28(19-24-12-7-6-8-13-24)33(21-25-14-9-11-23(2)18-25)29(35)22-34(39(3,37)38)27-16-10-15-26(31)20-27/h6-16,18,20,28H,4-5,17,19,21-22H2,1-3H3,(H,32,36). The number of carbonyl (C=O) groups excluding carboxylic acids is 2. The number of sulfonamides is 1. The van der Waals surface area contributed by atoms with E-state index in [2.05, 4.69) is 5.32 Å².